The molecule has 0 bridgehead atoms. The summed E-state index contributed by atoms with van der Waals surface area (Å²) in [7, 11) is 0. The fraction of sp³-hybridized carbons (Fsp3) is 0.579. The van der Waals surface area contributed by atoms with Crippen LogP contribution in [-0.2, 0) is 21.5 Å². The fourth-order valence-electron chi connectivity index (χ4n) is 4.22. The summed E-state index contributed by atoms with van der Waals surface area (Å²) >= 11 is 0. The van der Waals surface area contributed by atoms with E-state index in [4.69, 9.17) is 5.73 Å². The average Bonchev–Trinajstić information content (AvgIpc) is 2.47. The molecule has 1 aliphatic rings. The van der Waals surface area contributed by atoms with Gasteiger partial charge >= 0.3 is 0 Å². The minimum Gasteiger partial charge on any atom is -0.369 e. The minimum atomic E-state index is -0.329. The van der Waals surface area contributed by atoms with E-state index in [0.29, 0.717) is 17.8 Å². The molecule has 2 rings (SSSR count). The molecular weight excluding hydrogens is 288 g/mol. The van der Waals surface area contributed by atoms with Crippen molar-refractivity contribution in [3.63, 3.8) is 0 Å². The van der Waals surface area contributed by atoms with Crippen molar-refractivity contribution in [3.05, 3.63) is 35.4 Å². The number of nitrogens with one attached hydrogen (secondary N) is 1. The minimum absolute atomic E-state index is 0.248. The van der Waals surface area contributed by atoms with E-state index < -0.39 is 0 Å². The Labute approximate surface area is 138 Å². The highest BCUT2D eigenvalue weighted by Gasteiger charge is 2.45. The average molecular weight is 316 g/mol. The lowest BCUT2D eigenvalue weighted by molar-refractivity contribution is -0.117. The molecule has 0 radical (unpaired) electrons. The van der Waals surface area contributed by atoms with Crippen LogP contribution in [0.1, 0.15) is 51.2 Å². The van der Waals surface area contributed by atoms with Gasteiger partial charge in [-0.15, -0.1) is 0 Å². The van der Waals surface area contributed by atoms with Crippen LogP contribution in [0.2, 0.25) is 0 Å². The highest BCUT2D eigenvalue weighted by molar-refractivity contribution is 5.76. The van der Waals surface area contributed by atoms with Gasteiger partial charge in [-0.05, 0) is 41.7 Å². The lowest BCUT2D eigenvalue weighted by Gasteiger charge is -2.48. The predicted molar refractivity (Wildman–Crippen MR) is 91.6 cm³/mol. The molecule has 126 valence electrons. The van der Waals surface area contributed by atoms with Crippen LogP contribution < -0.4 is 11.1 Å². The second-order valence-electron chi connectivity index (χ2n) is 7.31. The van der Waals surface area contributed by atoms with Crippen molar-refractivity contribution in [2.24, 2.45) is 23.5 Å². The molecule has 1 aliphatic carbocycles. The molecule has 0 spiro atoms. The third kappa shape index (κ3) is 3.74. The summed E-state index contributed by atoms with van der Waals surface area (Å²) in [6.07, 6.45) is 4.35. The lowest BCUT2D eigenvalue weighted by Crippen LogP contribution is -2.53. The SMILES string of the molecule is CC1CCC(C(C)C)C(NC=O)(c2ccc(CC(N)=O)cc2)C1. The van der Waals surface area contributed by atoms with Crippen molar-refractivity contribution in [3.8, 4) is 0 Å². The summed E-state index contributed by atoms with van der Waals surface area (Å²) in [6, 6.07) is 7.99. The number of hydrogen-bond acceptors (Lipinski definition) is 2. The van der Waals surface area contributed by atoms with Gasteiger partial charge in [-0.1, -0.05) is 51.5 Å². The van der Waals surface area contributed by atoms with Crippen LogP contribution >= 0.6 is 0 Å². The number of hydrogen-bond donors (Lipinski definition) is 2. The maximum absolute atomic E-state index is 11.4. The topological polar surface area (TPSA) is 72.2 Å². The van der Waals surface area contributed by atoms with Gasteiger partial charge in [-0.2, -0.15) is 0 Å². The van der Waals surface area contributed by atoms with Crippen molar-refractivity contribution in [1.82, 2.24) is 5.32 Å². The molecule has 1 saturated carbocycles. The van der Waals surface area contributed by atoms with Crippen LogP contribution in [-0.4, -0.2) is 12.3 Å². The number of benzene rings is 1. The van der Waals surface area contributed by atoms with Gasteiger partial charge in [0, 0.05) is 0 Å². The smallest absolute Gasteiger partial charge is 0.221 e. The summed E-state index contributed by atoms with van der Waals surface area (Å²) in [5, 5.41) is 3.16. The molecule has 3 unspecified atom stereocenters. The zero-order valence-electron chi connectivity index (χ0n) is 14.3. The normalized spacial score (nSPS) is 27.7. The van der Waals surface area contributed by atoms with Gasteiger partial charge in [-0.3, -0.25) is 9.59 Å². The van der Waals surface area contributed by atoms with E-state index in [0.717, 1.165) is 30.4 Å². The number of rotatable bonds is 6. The standard InChI is InChI=1S/C19H28N2O2/c1-13(2)17-9-4-14(3)11-19(17,21-12-22)16-7-5-15(6-8-16)10-18(20)23/h5-8,12-14,17H,4,9-11H2,1-3H3,(H2,20,23)(H,21,22). The Bertz CT molecular complexity index is 553. The molecule has 4 nitrogen and oxygen atoms in total. The van der Waals surface area contributed by atoms with E-state index in [-0.39, 0.29) is 17.9 Å². The molecule has 1 fully saturated rings. The number of primary amides is 1. The predicted octanol–water partition coefficient (Wildman–Crippen LogP) is 2.75. The molecule has 4 heteroatoms. The lowest BCUT2D eigenvalue weighted by atomic mass is 9.62. The molecule has 2 amide bonds. The highest BCUT2D eigenvalue weighted by Crippen LogP contribution is 2.47. The van der Waals surface area contributed by atoms with E-state index in [1.807, 2.05) is 24.3 Å². The van der Waals surface area contributed by atoms with Gasteiger partial charge in [0.15, 0.2) is 0 Å². The van der Waals surface area contributed by atoms with Gasteiger partial charge in [0.2, 0.25) is 12.3 Å². The molecule has 0 aromatic heterocycles. The van der Waals surface area contributed by atoms with Crippen LogP contribution in [0, 0.1) is 17.8 Å². The summed E-state index contributed by atoms with van der Waals surface area (Å²) in [6.45, 7) is 6.70. The van der Waals surface area contributed by atoms with Gasteiger partial charge in [0.1, 0.15) is 0 Å². The molecule has 3 atom stereocenters. The van der Waals surface area contributed by atoms with Gasteiger partial charge in [0.05, 0.1) is 12.0 Å². The van der Waals surface area contributed by atoms with Crippen LogP contribution in [0.4, 0.5) is 0 Å². The van der Waals surface area contributed by atoms with Crippen molar-refractivity contribution in [1.29, 1.82) is 0 Å². The molecule has 0 heterocycles. The second-order valence-corrected chi connectivity index (χ2v) is 7.31. The first-order valence-corrected chi connectivity index (χ1v) is 8.48. The number of carbonyl (C=O) groups is 2. The molecule has 1 aromatic rings. The van der Waals surface area contributed by atoms with Crippen molar-refractivity contribution in [2.45, 2.75) is 52.0 Å². The van der Waals surface area contributed by atoms with Gasteiger partial charge in [0.25, 0.3) is 0 Å². The van der Waals surface area contributed by atoms with E-state index in [9.17, 15) is 9.59 Å². The Morgan fingerprint density at radius 3 is 2.52 bits per heavy atom. The summed E-state index contributed by atoms with van der Waals surface area (Å²) in [5.41, 5.74) is 6.98. The third-order valence-electron chi connectivity index (χ3n) is 5.24. The van der Waals surface area contributed by atoms with E-state index in [2.05, 4.69) is 26.1 Å². The van der Waals surface area contributed by atoms with E-state index in [1.165, 1.54) is 6.42 Å². The fourth-order valence-corrected chi connectivity index (χ4v) is 4.22. The maximum Gasteiger partial charge on any atom is 0.221 e. The van der Waals surface area contributed by atoms with Crippen LogP contribution in [0.3, 0.4) is 0 Å². The van der Waals surface area contributed by atoms with Crippen molar-refractivity contribution < 1.29 is 9.59 Å². The number of amides is 2. The van der Waals surface area contributed by atoms with Crippen LogP contribution in [0.5, 0.6) is 0 Å². The monoisotopic (exact) mass is 316 g/mol. The van der Waals surface area contributed by atoms with Gasteiger partial charge in [-0.25, -0.2) is 0 Å². The first-order chi connectivity index (χ1) is 10.9. The Hall–Kier alpha value is -1.84. The summed E-state index contributed by atoms with van der Waals surface area (Å²) < 4.78 is 0. The van der Waals surface area contributed by atoms with Crippen molar-refractivity contribution >= 4 is 12.3 Å². The Morgan fingerprint density at radius 1 is 1.35 bits per heavy atom. The molecular formula is C19H28N2O2. The van der Waals surface area contributed by atoms with Gasteiger partial charge < -0.3 is 11.1 Å². The van der Waals surface area contributed by atoms with Crippen LogP contribution in [0.25, 0.3) is 0 Å². The maximum atomic E-state index is 11.4. The van der Waals surface area contributed by atoms with E-state index >= 15 is 0 Å². The second kappa shape index (κ2) is 7.16. The quantitative estimate of drug-likeness (QED) is 0.792. The zero-order chi connectivity index (χ0) is 17.0. The number of carbonyl (C=O) groups excluding carboxylic acids is 2. The first kappa shape index (κ1) is 17.5. The molecule has 0 aliphatic heterocycles. The third-order valence-corrected chi connectivity index (χ3v) is 5.24. The molecule has 23 heavy (non-hydrogen) atoms. The summed E-state index contributed by atoms with van der Waals surface area (Å²) in [5.74, 6) is 1.14. The van der Waals surface area contributed by atoms with Crippen molar-refractivity contribution in [2.75, 3.05) is 0 Å². The summed E-state index contributed by atoms with van der Waals surface area (Å²) in [4.78, 5) is 22.4. The van der Waals surface area contributed by atoms with Crippen LogP contribution in [0.15, 0.2) is 24.3 Å². The molecule has 1 aromatic carbocycles. The Kier molecular flexibility index (Phi) is 5.45. The zero-order valence-corrected chi connectivity index (χ0v) is 14.3. The first-order valence-electron chi connectivity index (χ1n) is 8.48. The molecule has 3 N–H and O–H groups in total. The largest absolute Gasteiger partial charge is 0.369 e. The number of nitrogens with two attached hydrogens (primary N) is 1. The van der Waals surface area contributed by atoms with E-state index in [1.54, 1.807) is 0 Å². The molecule has 0 saturated heterocycles. The Balaban J connectivity index is 2.41. The Morgan fingerprint density at radius 2 is 2.00 bits per heavy atom. The highest BCUT2D eigenvalue weighted by atomic mass is 16.1.